The molecule has 3 aromatic carbocycles. The summed E-state index contributed by atoms with van der Waals surface area (Å²) in [7, 11) is 17.1. The summed E-state index contributed by atoms with van der Waals surface area (Å²) in [6, 6.07) is 18.6. The van der Waals surface area contributed by atoms with Gasteiger partial charge in [-0.3, -0.25) is 0 Å². The average molecular weight is 710 g/mol. The molecule has 0 saturated heterocycles. The number of nitrogens with zero attached hydrogens (tertiary/aromatic N) is 4. The molecular weight excluding hydrogens is 670 g/mol. The molecule has 194 valence electrons. The van der Waals surface area contributed by atoms with Crippen molar-refractivity contribution < 1.29 is 0 Å². The van der Waals surface area contributed by atoms with Crippen molar-refractivity contribution in [3.63, 3.8) is 0 Å². The smallest absolute Gasteiger partial charge is 0.0238 e. The lowest BCUT2D eigenvalue weighted by atomic mass is 9.95. The largest absolute Gasteiger partial charge is 0.305 e. The van der Waals surface area contributed by atoms with Gasteiger partial charge in [-0.1, -0.05) is 24.3 Å². The van der Waals surface area contributed by atoms with Gasteiger partial charge in [-0.2, -0.15) is 0 Å². The molecule has 0 unspecified atom stereocenters. The van der Waals surface area contributed by atoms with Crippen LogP contribution in [0.3, 0.4) is 0 Å². The van der Waals surface area contributed by atoms with Gasteiger partial charge in [0, 0.05) is 33.3 Å². The molecule has 0 aliphatic carbocycles. The summed E-state index contributed by atoms with van der Waals surface area (Å²) in [4.78, 5) is 8.99. The molecular formula is C30H40I2N4. The van der Waals surface area contributed by atoms with Crippen LogP contribution in [-0.4, -0.2) is 76.0 Å². The van der Waals surface area contributed by atoms with Crippen LogP contribution < -0.4 is 0 Å². The Morgan fingerprint density at radius 2 is 0.639 bits per heavy atom. The first kappa shape index (κ1) is 29.5. The zero-order chi connectivity index (χ0) is 26.6. The van der Waals surface area contributed by atoms with E-state index in [-0.39, 0.29) is 0 Å². The van der Waals surface area contributed by atoms with Crippen LogP contribution in [-0.2, 0) is 26.2 Å². The van der Waals surface area contributed by atoms with Crippen molar-refractivity contribution in [2.75, 3.05) is 56.4 Å². The molecule has 0 saturated carbocycles. The quantitative estimate of drug-likeness (QED) is 0.224. The lowest BCUT2D eigenvalue weighted by Gasteiger charge is -2.20. The van der Waals surface area contributed by atoms with E-state index in [0.717, 1.165) is 26.2 Å². The van der Waals surface area contributed by atoms with Crippen LogP contribution in [0.1, 0.15) is 22.3 Å². The van der Waals surface area contributed by atoms with Crippen LogP contribution >= 0.6 is 45.2 Å². The molecule has 0 N–H and O–H groups in total. The monoisotopic (exact) mass is 710 g/mol. The second kappa shape index (κ2) is 13.2. The summed E-state index contributed by atoms with van der Waals surface area (Å²) in [5.41, 5.74) is 10.7. The molecule has 4 nitrogen and oxygen atoms in total. The number of halogens is 2. The van der Waals surface area contributed by atoms with Crippen LogP contribution in [0.25, 0.3) is 22.3 Å². The maximum atomic E-state index is 2.52. The third kappa shape index (κ3) is 7.98. The minimum absolute atomic E-state index is 0.941. The van der Waals surface area contributed by atoms with E-state index in [2.05, 4.69) is 170 Å². The highest BCUT2D eigenvalue weighted by Crippen LogP contribution is 2.32. The molecule has 0 bridgehead atoms. The molecule has 0 atom stereocenters. The van der Waals surface area contributed by atoms with E-state index >= 15 is 0 Å². The molecule has 0 aliphatic rings. The van der Waals surface area contributed by atoms with Crippen molar-refractivity contribution in [3.8, 4) is 22.3 Å². The van der Waals surface area contributed by atoms with Crippen molar-refractivity contribution in [1.82, 2.24) is 19.6 Å². The van der Waals surface area contributed by atoms with Crippen LogP contribution in [0.2, 0.25) is 0 Å². The van der Waals surface area contributed by atoms with Gasteiger partial charge in [-0.05, 0) is 170 Å². The second-order valence-corrected chi connectivity index (χ2v) is 12.9. The van der Waals surface area contributed by atoms with Gasteiger partial charge in [0.25, 0.3) is 0 Å². The Balaban J connectivity index is 2.03. The van der Waals surface area contributed by atoms with Gasteiger partial charge >= 0.3 is 0 Å². The first-order valence-electron chi connectivity index (χ1n) is 12.3. The zero-order valence-electron chi connectivity index (χ0n) is 23.0. The molecule has 0 heterocycles. The summed E-state index contributed by atoms with van der Waals surface area (Å²) >= 11 is 5.04. The van der Waals surface area contributed by atoms with E-state index < -0.39 is 0 Å². The predicted molar refractivity (Wildman–Crippen MR) is 172 cm³/mol. The van der Waals surface area contributed by atoms with Crippen LogP contribution in [0.15, 0.2) is 48.5 Å². The molecule has 0 amide bonds. The van der Waals surface area contributed by atoms with Crippen molar-refractivity contribution >= 4 is 45.2 Å². The lowest BCUT2D eigenvalue weighted by Crippen LogP contribution is -2.16. The van der Waals surface area contributed by atoms with Crippen LogP contribution in [0.5, 0.6) is 0 Å². The van der Waals surface area contributed by atoms with E-state index in [4.69, 9.17) is 0 Å². The Morgan fingerprint density at radius 3 is 0.833 bits per heavy atom. The zero-order valence-corrected chi connectivity index (χ0v) is 27.3. The molecule has 0 aliphatic heterocycles. The highest BCUT2D eigenvalue weighted by Gasteiger charge is 2.14. The van der Waals surface area contributed by atoms with Gasteiger partial charge in [-0.25, -0.2) is 0 Å². The molecule has 3 rings (SSSR count). The first-order valence-corrected chi connectivity index (χ1v) is 14.4. The van der Waals surface area contributed by atoms with Crippen molar-refractivity contribution in [1.29, 1.82) is 0 Å². The summed E-state index contributed by atoms with van der Waals surface area (Å²) in [5, 5.41) is 0. The van der Waals surface area contributed by atoms with E-state index in [1.54, 1.807) is 0 Å². The fourth-order valence-electron chi connectivity index (χ4n) is 4.51. The Kier molecular flexibility index (Phi) is 10.8. The van der Waals surface area contributed by atoms with E-state index in [1.165, 1.54) is 51.6 Å². The number of benzene rings is 3. The van der Waals surface area contributed by atoms with Crippen LogP contribution in [0.4, 0.5) is 0 Å². The minimum atomic E-state index is 0.941. The molecule has 0 spiro atoms. The van der Waals surface area contributed by atoms with Crippen molar-refractivity contribution in [3.05, 3.63) is 77.9 Å². The molecule has 0 aromatic heterocycles. The van der Waals surface area contributed by atoms with Gasteiger partial charge in [0.1, 0.15) is 0 Å². The molecule has 6 heteroatoms. The number of hydrogen-bond acceptors (Lipinski definition) is 4. The minimum Gasteiger partial charge on any atom is -0.305 e. The Morgan fingerprint density at radius 1 is 0.417 bits per heavy atom. The number of rotatable bonds is 10. The topological polar surface area (TPSA) is 13.0 Å². The van der Waals surface area contributed by atoms with Crippen molar-refractivity contribution in [2.45, 2.75) is 26.2 Å². The molecule has 0 radical (unpaired) electrons. The summed E-state index contributed by atoms with van der Waals surface area (Å²) < 4.78 is 2.74. The highest BCUT2D eigenvalue weighted by atomic mass is 127. The fraction of sp³-hybridized carbons (Fsp3) is 0.400. The van der Waals surface area contributed by atoms with E-state index in [1.807, 2.05) is 0 Å². The normalized spacial score (nSPS) is 11.9. The third-order valence-corrected chi connectivity index (χ3v) is 8.72. The average Bonchev–Trinajstić information content (AvgIpc) is 2.78. The second-order valence-electron chi connectivity index (χ2n) is 10.7. The van der Waals surface area contributed by atoms with Gasteiger partial charge in [0.05, 0.1) is 0 Å². The van der Waals surface area contributed by atoms with Crippen molar-refractivity contribution in [2.24, 2.45) is 0 Å². The maximum absolute atomic E-state index is 2.52. The summed E-state index contributed by atoms with van der Waals surface area (Å²) in [6.45, 7) is 3.76. The summed E-state index contributed by atoms with van der Waals surface area (Å²) in [6.07, 6.45) is 0. The SMILES string of the molecule is CN(C)Cc1cc(-c2ccc(-c3cc(CN(C)C)c(I)c(CN(C)C)c3)cc2)cc(CN(C)C)c1I. The summed E-state index contributed by atoms with van der Waals surface area (Å²) in [5.74, 6) is 0. The predicted octanol–water partition coefficient (Wildman–Crippen LogP) is 6.48. The third-order valence-electron chi connectivity index (χ3n) is 5.94. The molecule has 36 heavy (non-hydrogen) atoms. The Labute approximate surface area is 245 Å². The standard InChI is InChI=1S/C30H40I2N4/c1-33(2)17-25-13-23(14-26(29(25)31)18-34(3)4)21-9-11-22(12-10-21)24-15-27(19-35(5)6)30(32)28(16-24)20-36(7)8/h9-16H,17-20H2,1-8H3. The number of hydrogen-bond donors (Lipinski definition) is 0. The highest BCUT2D eigenvalue weighted by molar-refractivity contribution is 14.1. The van der Waals surface area contributed by atoms with Gasteiger partial charge in [0.2, 0.25) is 0 Å². The van der Waals surface area contributed by atoms with Gasteiger partial charge < -0.3 is 19.6 Å². The Bertz CT molecular complexity index is 1010. The Hall–Kier alpha value is -1.04. The van der Waals surface area contributed by atoms with E-state index in [9.17, 15) is 0 Å². The van der Waals surface area contributed by atoms with Gasteiger partial charge in [-0.15, -0.1) is 0 Å². The first-order chi connectivity index (χ1) is 16.9. The maximum Gasteiger partial charge on any atom is 0.0238 e. The van der Waals surface area contributed by atoms with Crippen LogP contribution in [0, 0.1) is 7.14 Å². The molecule has 3 aromatic rings. The lowest BCUT2D eigenvalue weighted by molar-refractivity contribution is 0.394. The fourth-order valence-corrected chi connectivity index (χ4v) is 5.82. The molecule has 0 fully saturated rings. The van der Waals surface area contributed by atoms with Gasteiger partial charge in [0.15, 0.2) is 0 Å². The van der Waals surface area contributed by atoms with E-state index in [0.29, 0.717) is 0 Å².